The van der Waals surface area contributed by atoms with Crippen molar-refractivity contribution in [3.05, 3.63) is 86.7 Å². The number of aromatic nitrogens is 3. The van der Waals surface area contributed by atoms with E-state index in [4.69, 9.17) is 4.74 Å². The Hall–Kier alpha value is -3.72. The van der Waals surface area contributed by atoms with E-state index in [1.165, 1.54) is 11.3 Å². The number of piperidine rings is 1. The minimum atomic E-state index is -0.423. The fourth-order valence-electron chi connectivity index (χ4n) is 4.19. The Balaban J connectivity index is 1.19. The topological polar surface area (TPSA) is 97.3 Å². The molecule has 0 saturated carbocycles. The monoisotopic (exact) mass is 462 g/mol. The fraction of sp³-hybridized carbons (Fsp3) is 0.250. The molecular formula is C24H22N4O4S. The molecule has 3 heterocycles. The van der Waals surface area contributed by atoms with Crippen LogP contribution < -0.4 is 5.69 Å². The Labute approximate surface area is 193 Å². The molecule has 8 nitrogen and oxygen atoms in total. The molecule has 1 amide bonds. The van der Waals surface area contributed by atoms with E-state index in [0.29, 0.717) is 42.2 Å². The molecule has 1 fully saturated rings. The Bertz CT molecular complexity index is 1350. The summed E-state index contributed by atoms with van der Waals surface area (Å²) in [6, 6.07) is 16.4. The highest BCUT2D eigenvalue weighted by Gasteiger charge is 2.27. The van der Waals surface area contributed by atoms with Crippen LogP contribution in [0.3, 0.4) is 0 Å². The van der Waals surface area contributed by atoms with E-state index in [-0.39, 0.29) is 24.2 Å². The molecule has 0 unspecified atom stereocenters. The van der Waals surface area contributed by atoms with Crippen molar-refractivity contribution in [1.29, 1.82) is 0 Å². The summed E-state index contributed by atoms with van der Waals surface area (Å²) in [5.74, 6) is -0.565. The van der Waals surface area contributed by atoms with E-state index in [1.807, 2.05) is 30.3 Å². The second-order valence-electron chi connectivity index (χ2n) is 7.91. The average Bonchev–Trinajstić information content (AvgIpc) is 3.46. The predicted octanol–water partition coefficient (Wildman–Crippen LogP) is 3.62. The number of nitrogens with zero attached hydrogens (tertiary/aromatic N) is 3. The Morgan fingerprint density at radius 2 is 1.79 bits per heavy atom. The number of nitrogens with one attached hydrogen (secondary N) is 1. The van der Waals surface area contributed by atoms with E-state index < -0.39 is 5.97 Å². The van der Waals surface area contributed by atoms with Gasteiger partial charge in [-0.15, -0.1) is 11.3 Å². The van der Waals surface area contributed by atoms with Crippen molar-refractivity contribution >= 4 is 34.2 Å². The lowest BCUT2D eigenvalue weighted by Gasteiger charge is -2.32. The van der Waals surface area contributed by atoms with Gasteiger partial charge in [-0.2, -0.15) is 0 Å². The van der Waals surface area contributed by atoms with Crippen LogP contribution in [0.25, 0.3) is 11.0 Å². The smallest absolute Gasteiger partial charge is 0.338 e. The summed E-state index contributed by atoms with van der Waals surface area (Å²) in [6.45, 7) is 1.12. The summed E-state index contributed by atoms with van der Waals surface area (Å²) < 4.78 is 7.11. The first-order valence-corrected chi connectivity index (χ1v) is 11.6. The van der Waals surface area contributed by atoms with Crippen LogP contribution in [0.4, 0.5) is 0 Å². The first-order chi connectivity index (χ1) is 16.1. The first kappa shape index (κ1) is 21.1. The highest BCUT2D eigenvalue weighted by atomic mass is 32.1. The number of hydrogen-bond acceptors (Lipinski definition) is 6. The van der Waals surface area contributed by atoms with Gasteiger partial charge in [-0.25, -0.2) is 14.6 Å². The number of hydrogen-bond donors (Lipinski definition) is 1. The van der Waals surface area contributed by atoms with Gasteiger partial charge in [0.05, 0.1) is 16.6 Å². The molecule has 0 atom stereocenters. The lowest BCUT2D eigenvalue weighted by Crippen LogP contribution is -2.40. The maximum absolute atomic E-state index is 12.9. The Morgan fingerprint density at radius 3 is 2.58 bits per heavy atom. The van der Waals surface area contributed by atoms with Gasteiger partial charge in [-0.05, 0) is 37.1 Å². The second-order valence-corrected chi connectivity index (χ2v) is 8.85. The molecule has 4 aromatic rings. The van der Waals surface area contributed by atoms with Crippen LogP contribution in [-0.2, 0) is 11.3 Å². The number of amides is 1. The van der Waals surface area contributed by atoms with Crippen molar-refractivity contribution < 1.29 is 14.3 Å². The van der Waals surface area contributed by atoms with Gasteiger partial charge in [-0.1, -0.05) is 30.3 Å². The molecule has 5 rings (SSSR count). The standard InChI is InChI=1S/C24H22N4O4S/c29-22(19-15-33-21(25-19)14-32-23(30)16-6-2-1-3-7-16)27-12-10-17(11-13-27)28-20-9-5-4-8-18(20)26-24(28)31/h1-9,15,17H,10-14H2,(H,26,31). The minimum Gasteiger partial charge on any atom is -0.455 e. The summed E-state index contributed by atoms with van der Waals surface area (Å²) in [5, 5.41) is 2.27. The van der Waals surface area contributed by atoms with Crippen molar-refractivity contribution in [3.8, 4) is 0 Å². The van der Waals surface area contributed by atoms with Gasteiger partial charge >= 0.3 is 11.7 Å². The summed E-state index contributed by atoms with van der Waals surface area (Å²) in [5.41, 5.74) is 2.43. The molecule has 1 aliphatic rings. The van der Waals surface area contributed by atoms with E-state index in [9.17, 15) is 14.4 Å². The molecular weight excluding hydrogens is 440 g/mol. The number of ether oxygens (including phenoxy) is 1. The van der Waals surface area contributed by atoms with E-state index in [1.54, 1.807) is 39.1 Å². The highest BCUT2D eigenvalue weighted by molar-refractivity contribution is 7.09. The first-order valence-electron chi connectivity index (χ1n) is 10.8. The number of fused-ring (bicyclic) bond motifs is 1. The predicted molar refractivity (Wildman–Crippen MR) is 124 cm³/mol. The number of likely N-dealkylation sites (tertiary alicyclic amines) is 1. The maximum Gasteiger partial charge on any atom is 0.338 e. The molecule has 2 aromatic carbocycles. The largest absolute Gasteiger partial charge is 0.455 e. The van der Waals surface area contributed by atoms with Crippen molar-refractivity contribution in [1.82, 2.24) is 19.4 Å². The Morgan fingerprint density at radius 1 is 1.06 bits per heavy atom. The summed E-state index contributed by atoms with van der Waals surface area (Å²) in [6.07, 6.45) is 1.39. The minimum absolute atomic E-state index is 0.0250. The molecule has 0 aliphatic carbocycles. The van der Waals surface area contributed by atoms with Gasteiger partial charge < -0.3 is 14.6 Å². The number of H-pyrrole nitrogens is 1. The van der Waals surface area contributed by atoms with Gasteiger partial charge in [0, 0.05) is 24.5 Å². The van der Waals surface area contributed by atoms with Gasteiger partial charge in [0.25, 0.3) is 5.91 Å². The van der Waals surface area contributed by atoms with Gasteiger partial charge in [0.15, 0.2) is 0 Å². The third-order valence-electron chi connectivity index (χ3n) is 5.85. The zero-order valence-corrected chi connectivity index (χ0v) is 18.6. The molecule has 1 N–H and O–H groups in total. The molecule has 168 valence electrons. The average molecular weight is 463 g/mol. The van der Waals surface area contributed by atoms with Crippen molar-refractivity contribution in [2.75, 3.05) is 13.1 Å². The van der Waals surface area contributed by atoms with Gasteiger partial charge in [0.2, 0.25) is 0 Å². The molecule has 2 aromatic heterocycles. The SMILES string of the molecule is O=C(OCc1nc(C(=O)N2CCC(n3c(=O)[nH]c4ccccc43)CC2)cs1)c1ccccc1. The summed E-state index contributed by atoms with van der Waals surface area (Å²) in [4.78, 5) is 46.5. The zero-order valence-electron chi connectivity index (χ0n) is 17.8. The number of benzene rings is 2. The highest BCUT2D eigenvalue weighted by Crippen LogP contribution is 2.26. The van der Waals surface area contributed by atoms with Crippen LogP contribution in [0.1, 0.15) is 44.7 Å². The molecule has 1 saturated heterocycles. The molecule has 1 aliphatic heterocycles. The number of carbonyl (C=O) groups is 2. The number of rotatable bonds is 5. The molecule has 33 heavy (non-hydrogen) atoms. The number of thiazole rings is 1. The van der Waals surface area contributed by atoms with Crippen molar-refractivity contribution in [2.45, 2.75) is 25.5 Å². The normalized spacial score (nSPS) is 14.5. The van der Waals surface area contributed by atoms with E-state index >= 15 is 0 Å². The third-order valence-corrected chi connectivity index (χ3v) is 6.67. The maximum atomic E-state index is 12.9. The summed E-state index contributed by atoms with van der Waals surface area (Å²) >= 11 is 1.30. The number of aromatic amines is 1. The quantitative estimate of drug-likeness (QED) is 0.457. The number of para-hydroxylation sites is 2. The third kappa shape index (κ3) is 4.31. The number of carbonyl (C=O) groups excluding carboxylic acids is 2. The van der Waals surface area contributed by atoms with Crippen LogP contribution in [0.5, 0.6) is 0 Å². The van der Waals surface area contributed by atoms with Gasteiger partial charge in [0.1, 0.15) is 17.3 Å². The second kappa shape index (κ2) is 9.03. The van der Waals surface area contributed by atoms with E-state index in [2.05, 4.69) is 9.97 Å². The van der Waals surface area contributed by atoms with Crippen LogP contribution in [-0.4, -0.2) is 44.4 Å². The molecule has 0 bridgehead atoms. The Kier molecular flexibility index (Phi) is 5.78. The van der Waals surface area contributed by atoms with Crippen molar-refractivity contribution in [2.24, 2.45) is 0 Å². The molecule has 9 heteroatoms. The summed E-state index contributed by atoms with van der Waals surface area (Å²) in [7, 11) is 0. The van der Waals surface area contributed by atoms with Crippen LogP contribution in [0, 0.1) is 0 Å². The van der Waals surface area contributed by atoms with E-state index in [0.717, 1.165) is 11.0 Å². The number of imidazole rings is 1. The van der Waals surface area contributed by atoms with Crippen LogP contribution >= 0.6 is 11.3 Å². The molecule has 0 radical (unpaired) electrons. The zero-order chi connectivity index (χ0) is 22.8. The lowest BCUT2D eigenvalue weighted by atomic mass is 10.0. The number of esters is 1. The van der Waals surface area contributed by atoms with Gasteiger partial charge in [-0.3, -0.25) is 9.36 Å². The van der Waals surface area contributed by atoms with Crippen LogP contribution in [0.15, 0.2) is 64.8 Å². The molecule has 0 spiro atoms. The van der Waals surface area contributed by atoms with Crippen molar-refractivity contribution in [3.63, 3.8) is 0 Å². The lowest BCUT2D eigenvalue weighted by molar-refractivity contribution is 0.0472. The fourth-order valence-corrected chi connectivity index (χ4v) is 4.87. The van der Waals surface area contributed by atoms with Crippen LogP contribution in [0.2, 0.25) is 0 Å².